The summed E-state index contributed by atoms with van der Waals surface area (Å²) in [5.41, 5.74) is 1.31. The van der Waals surface area contributed by atoms with Crippen LogP contribution in [0.4, 0.5) is 0 Å². The van der Waals surface area contributed by atoms with Crippen LogP contribution in [0.5, 0.6) is 0 Å². The first kappa shape index (κ1) is 8.68. The molecule has 0 amide bonds. The minimum absolute atomic E-state index is 0. The number of pyridine rings is 1. The highest BCUT2D eigenvalue weighted by Crippen LogP contribution is 2.06. The molecule has 2 heterocycles. The van der Waals surface area contributed by atoms with Gasteiger partial charge in [0.15, 0.2) is 11.9 Å². The zero-order valence-corrected chi connectivity index (χ0v) is 8.52. The molecule has 0 unspecified atom stereocenters. The van der Waals surface area contributed by atoms with Gasteiger partial charge < -0.3 is 17.0 Å². The quantitative estimate of drug-likeness (QED) is 0.501. The van der Waals surface area contributed by atoms with E-state index in [0.29, 0.717) is 0 Å². The summed E-state index contributed by atoms with van der Waals surface area (Å²) >= 11 is 1.78. The molecule has 0 atom stereocenters. The zero-order valence-electron chi connectivity index (χ0n) is 6.12. The van der Waals surface area contributed by atoms with Crippen LogP contribution in [0.15, 0.2) is 29.8 Å². The maximum Gasteiger partial charge on any atom is 0.267 e. The maximum atomic E-state index is 2.19. The second kappa shape index (κ2) is 3.32. The lowest BCUT2D eigenvalue weighted by Crippen LogP contribution is -3.00. The third-order valence-electron chi connectivity index (χ3n) is 1.55. The summed E-state index contributed by atoms with van der Waals surface area (Å²) in [5.74, 6) is 0. The van der Waals surface area contributed by atoms with E-state index in [1.165, 1.54) is 10.5 Å². The first-order chi connectivity index (χ1) is 4.88. The molecule has 2 rings (SSSR count). The highest BCUT2D eigenvalue weighted by atomic mass is 79.9. The van der Waals surface area contributed by atoms with Gasteiger partial charge in [-0.05, 0) is 6.07 Å². The number of hydrogen-bond acceptors (Lipinski definition) is 1. The Hall–Kier alpha value is -0.410. The first-order valence-corrected chi connectivity index (χ1v) is 4.10. The predicted octanol–water partition coefficient (Wildman–Crippen LogP) is -1.20. The number of fused-ring (bicyclic) bond motifs is 1. The molecule has 0 saturated heterocycles. The van der Waals surface area contributed by atoms with E-state index in [0.717, 1.165) is 0 Å². The van der Waals surface area contributed by atoms with Crippen molar-refractivity contribution in [2.45, 2.75) is 6.92 Å². The molecule has 0 saturated carbocycles. The van der Waals surface area contributed by atoms with Gasteiger partial charge in [0.25, 0.3) is 4.83 Å². The van der Waals surface area contributed by atoms with Crippen molar-refractivity contribution >= 4 is 16.2 Å². The fourth-order valence-corrected chi connectivity index (χ4v) is 1.90. The van der Waals surface area contributed by atoms with Gasteiger partial charge in [0, 0.05) is 19.1 Å². The summed E-state index contributed by atoms with van der Waals surface area (Å²) < 4.78 is 2.19. The Kier molecular flexibility index (Phi) is 2.62. The highest BCUT2D eigenvalue weighted by molar-refractivity contribution is 7.15. The van der Waals surface area contributed by atoms with Crippen LogP contribution in [0.25, 0.3) is 4.83 Å². The molecule has 0 spiro atoms. The van der Waals surface area contributed by atoms with Crippen LogP contribution >= 0.6 is 11.3 Å². The van der Waals surface area contributed by atoms with Gasteiger partial charge in [0.2, 0.25) is 0 Å². The average Bonchev–Trinajstić information content (AvgIpc) is 2.34. The monoisotopic (exact) mass is 229 g/mol. The molecule has 0 aliphatic carbocycles. The average molecular weight is 230 g/mol. The van der Waals surface area contributed by atoms with E-state index in [4.69, 9.17) is 0 Å². The normalized spacial score (nSPS) is 9.55. The van der Waals surface area contributed by atoms with Crippen molar-refractivity contribution in [2.75, 3.05) is 0 Å². The van der Waals surface area contributed by atoms with Gasteiger partial charge in [-0.1, -0.05) is 11.3 Å². The second-order valence-electron chi connectivity index (χ2n) is 2.29. The summed E-state index contributed by atoms with van der Waals surface area (Å²) in [6, 6.07) is 6.23. The van der Waals surface area contributed by atoms with E-state index in [1.54, 1.807) is 11.3 Å². The molecule has 11 heavy (non-hydrogen) atoms. The predicted molar refractivity (Wildman–Crippen MR) is 42.2 cm³/mol. The van der Waals surface area contributed by atoms with Crippen molar-refractivity contribution in [3.05, 3.63) is 35.5 Å². The molecule has 2 aromatic rings. The van der Waals surface area contributed by atoms with Crippen LogP contribution in [-0.4, -0.2) is 0 Å². The molecule has 0 bridgehead atoms. The smallest absolute Gasteiger partial charge is 0.267 e. The molecule has 1 nitrogen and oxygen atoms in total. The topological polar surface area (TPSA) is 4.10 Å². The van der Waals surface area contributed by atoms with Crippen LogP contribution in [0.2, 0.25) is 0 Å². The van der Waals surface area contributed by atoms with Gasteiger partial charge in [0.05, 0.1) is 5.38 Å². The van der Waals surface area contributed by atoms with E-state index in [2.05, 4.69) is 35.0 Å². The molecule has 0 N–H and O–H groups in total. The van der Waals surface area contributed by atoms with Gasteiger partial charge in [-0.2, -0.15) is 4.40 Å². The summed E-state index contributed by atoms with van der Waals surface area (Å²) in [6.07, 6.45) is 2.08. The molecule has 0 aromatic carbocycles. The molecule has 58 valence electrons. The SMILES string of the molecule is Cc1csc2cccc[n+]12.[Br-]. The Bertz CT molecular complexity index is 356. The second-order valence-corrected chi connectivity index (χ2v) is 3.18. The van der Waals surface area contributed by atoms with Crippen molar-refractivity contribution in [1.29, 1.82) is 0 Å². The Labute approximate surface area is 80.1 Å². The largest absolute Gasteiger partial charge is 1.00 e. The third-order valence-corrected chi connectivity index (χ3v) is 2.59. The van der Waals surface area contributed by atoms with Crippen LogP contribution in [0, 0.1) is 6.92 Å². The minimum atomic E-state index is 0. The molecular weight excluding hydrogens is 222 g/mol. The molecule has 0 aliphatic heterocycles. The van der Waals surface area contributed by atoms with Crippen LogP contribution in [-0.2, 0) is 0 Å². The van der Waals surface area contributed by atoms with E-state index in [-0.39, 0.29) is 17.0 Å². The van der Waals surface area contributed by atoms with Crippen LogP contribution < -0.4 is 21.4 Å². The van der Waals surface area contributed by atoms with Gasteiger partial charge in [0.1, 0.15) is 0 Å². The molecule has 0 fully saturated rings. The number of thiazole rings is 1. The Morgan fingerprint density at radius 2 is 2.18 bits per heavy atom. The summed E-state index contributed by atoms with van der Waals surface area (Å²) in [5, 5.41) is 2.16. The summed E-state index contributed by atoms with van der Waals surface area (Å²) in [7, 11) is 0. The van der Waals surface area contributed by atoms with Crippen molar-refractivity contribution in [3.8, 4) is 0 Å². The van der Waals surface area contributed by atoms with Gasteiger partial charge >= 0.3 is 0 Å². The number of nitrogens with zero attached hydrogens (tertiary/aromatic N) is 1. The molecule has 0 radical (unpaired) electrons. The van der Waals surface area contributed by atoms with E-state index < -0.39 is 0 Å². The number of rotatable bonds is 0. The van der Waals surface area contributed by atoms with Crippen molar-refractivity contribution < 1.29 is 21.4 Å². The Morgan fingerprint density at radius 1 is 1.36 bits per heavy atom. The number of aromatic nitrogens is 1. The van der Waals surface area contributed by atoms with Crippen LogP contribution in [0.3, 0.4) is 0 Å². The van der Waals surface area contributed by atoms with Crippen molar-refractivity contribution in [2.24, 2.45) is 0 Å². The maximum absolute atomic E-state index is 2.19. The fraction of sp³-hybridized carbons (Fsp3) is 0.125. The standard InChI is InChI=1S/C8H8NS.BrH/c1-7-6-10-8-4-2-3-5-9(7)8;/h2-6H,1H3;1H/q+1;/p-1. The lowest BCUT2D eigenvalue weighted by molar-refractivity contribution is -0.515. The molecule has 2 aromatic heterocycles. The Balaban J connectivity index is 0.000000605. The number of aryl methyl sites for hydroxylation is 1. The van der Waals surface area contributed by atoms with Gasteiger partial charge in [-0.15, -0.1) is 0 Å². The molecular formula is C8H8BrNS. The summed E-state index contributed by atoms with van der Waals surface area (Å²) in [6.45, 7) is 2.11. The summed E-state index contributed by atoms with van der Waals surface area (Å²) in [4.78, 5) is 1.31. The van der Waals surface area contributed by atoms with E-state index in [9.17, 15) is 0 Å². The highest BCUT2D eigenvalue weighted by Gasteiger charge is 2.04. The Morgan fingerprint density at radius 3 is 2.91 bits per heavy atom. The first-order valence-electron chi connectivity index (χ1n) is 3.22. The third kappa shape index (κ3) is 1.44. The van der Waals surface area contributed by atoms with Crippen molar-refractivity contribution in [1.82, 2.24) is 0 Å². The molecule has 3 heteroatoms. The zero-order chi connectivity index (χ0) is 6.97. The minimum Gasteiger partial charge on any atom is -1.00 e. The lowest BCUT2D eigenvalue weighted by atomic mass is 10.5. The lowest BCUT2D eigenvalue weighted by Gasteiger charge is -1.79. The number of halogens is 1. The van der Waals surface area contributed by atoms with Gasteiger partial charge in [-0.3, -0.25) is 0 Å². The van der Waals surface area contributed by atoms with Crippen molar-refractivity contribution in [3.63, 3.8) is 0 Å². The van der Waals surface area contributed by atoms with E-state index >= 15 is 0 Å². The molecule has 0 aliphatic rings. The van der Waals surface area contributed by atoms with Gasteiger partial charge in [-0.25, -0.2) is 0 Å². The fourth-order valence-electron chi connectivity index (χ4n) is 1.02. The van der Waals surface area contributed by atoms with E-state index in [1.807, 2.05) is 6.07 Å². The van der Waals surface area contributed by atoms with Crippen LogP contribution in [0.1, 0.15) is 5.69 Å². The number of hydrogen-bond donors (Lipinski definition) is 0.